The Morgan fingerprint density at radius 2 is 1.52 bits per heavy atom. The van der Waals surface area contributed by atoms with Crippen molar-refractivity contribution in [1.82, 2.24) is 14.1 Å². The molecule has 0 radical (unpaired) electrons. The Morgan fingerprint density at radius 1 is 1.00 bits per heavy atom. The average Bonchev–Trinajstić information content (AvgIpc) is 2.99. The summed E-state index contributed by atoms with van der Waals surface area (Å²) >= 11 is 0. The van der Waals surface area contributed by atoms with Gasteiger partial charge in [0.05, 0.1) is 4.90 Å². The summed E-state index contributed by atoms with van der Waals surface area (Å²) in [6, 6.07) is 5.74. The van der Waals surface area contributed by atoms with Gasteiger partial charge in [0.25, 0.3) is 5.91 Å². The van der Waals surface area contributed by atoms with Crippen LogP contribution in [-0.2, 0) is 19.6 Å². The summed E-state index contributed by atoms with van der Waals surface area (Å²) in [4.78, 5) is 39.6. The monoisotopic (exact) mass is 393 g/mol. The fourth-order valence-electron chi connectivity index (χ4n) is 3.49. The van der Waals surface area contributed by atoms with Gasteiger partial charge in [0.15, 0.2) is 0 Å². The molecule has 0 saturated carbocycles. The van der Waals surface area contributed by atoms with Gasteiger partial charge >= 0.3 is 0 Å². The number of amides is 3. The van der Waals surface area contributed by atoms with Gasteiger partial charge < -0.3 is 4.90 Å². The summed E-state index contributed by atoms with van der Waals surface area (Å²) in [7, 11) is -0.627. The smallest absolute Gasteiger partial charge is 0.253 e. The normalized spacial score (nSPS) is 19.2. The van der Waals surface area contributed by atoms with Crippen LogP contribution in [0, 0.1) is 0 Å². The van der Waals surface area contributed by atoms with Gasteiger partial charge in [0.2, 0.25) is 21.8 Å². The van der Waals surface area contributed by atoms with Crippen molar-refractivity contribution in [2.75, 3.05) is 27.2 Å². The van der Waals surface area contributed by atoms with E-state index < -0.39 is 10.0 Å². The number of carbonyl (C=O) groups excluding carboxylic acids is 3. The number of piperidine rings is 1. The van der Waals surface area contributed by atoms with Crippen molar-refractivity contribution in [3.05, 3.63) is 29.8 Å². The lowest BCUT2D eigenvalue weighted by atomic mass is 10.0. The molecule has 2 saturated heterocycles. The van der Waals surface area contributed by atoms with Gasteiger partial charge in [-0.15, -0.1) is 0 Å². The van der Waals surface area contributed by atoms with Crippen LogP contribution in [0.4, 0.5) is 0 Å². The molecular weight excluding hydrogens is 370 g/mol. The zero-order valence-corrected chi connectivity index (χ0v) is 16.2. The predicted octanol–water partition coefficient (Wildman–Crippen LogP) is 0.690. The zero-order valence-electron chi connectivity index (χ0n) is 15.4. The quantitative estimate of drug-likeness (QED) is 0.702. The molecule has 2 aliphatic rings. The molecule has 0 aromatic heterocycles. The Hall–Kier alpha value is -2.26. The average molecular weight is 393 g/mol. The molecule has 146 valence electrons. The highest BCUT2D eigenvalue weighted by Gasteiger charge is 2.37. The number of hydrogen-bond donors (Lipinski definition) is 0. The van der Waals surface area contributed by atoms with Crippen molar-refractivity contribution < 1.29 is 22.8 Å². The van der Waals surface area contributed by atoms with Gasteiger partial charge in [-0.05, 0) is 37.1 Å². The summed E-state index contributed by atoms with van der Waals surface area (Å²) in [5.41, 5.74) is 0.416. The summed E-state index contributed by atoms with van der Waals surface area (Å²) in [6.07, 6.45) is 1.69. The molecule has 0 N–H and O–H groups in total. The Balaban J connectivity index is 1.64. The molecule has 0 atom stereocenters. The van der Waals surface area contributed by atoms with E-state index in [-0.39, 0.29) is 41.5 Å². The van der Waals surface area contributed by atoms with Crippen molar-refractivity contribution >= 4 is 27.7 Å². The largest absolute Gasteiger partial charge is 0.338 e. The number of likely N-dealkylation sites (tertiary alicyclic amines) is 2. The molecular formula is C18H23N3O5S. The molecule has 0 unspecified atom stereocenters. The number of rotatable bonds is 4. The minimum Gasteiger partial charge on any atom is -0.338 e. The van der Waals surface area contributed by atoms with E-state index in [1.165, 1.54) is 43.3 Å². The highest BCUT2D eigenvalue weighted by Crippen LogP contribution is 2.24. The summed E-state index contributed by atoms with van der Waals surface area (Å²) < 4.78 is 25.3. The molecule has 1 aromatic rings. The lowest BCUT2D eigenvalue weighted by molar-refractivity contribution is -0.141. The molecule has 0 aliphatic carbocycles. The van der Waals surface area contributed by atoms with Gasteiger partial charge in [0.1, 0.15) is 0 Å². The maximum Gasteiger partial charge on any atom is 0.253 e. The molecule has 1 aromatic carbocycles. The SMILES string of the molecule is CN(C)S(=O)(=O)c1ccc(C(=O)N2CCC(N3C(=O)CCC3=O)CC2)cc1. The number of hydrogen-bond acceptors (Lipinski definition) is 5. The maximum absolute atomic E-state index is 12.7. The van der Waals surface area contributed by atoms with E-state index in [1.807, 2.05) is 0 Å². The second-order valence-electron chi connectivity index (χ2n) is 6.99. The van der Waals surface area contributed by atoms with Gasteiger partial charge in [0, 0.05) is 51.6 Å². The van der Waals surface area contributed by atoms with Crippen LogP contribution < -0.4 is 0 Å². The number of sulfonamides is 1. The zero-order chi connectivity index (χ0) is 19.8. The highest BCUT2D eigenvalue weighted by atomic mass is 32.2. The van der Waals surface area contributed by atoms with Crippen LogP contribution >= 0.6 is 0 Å². The van der Waals surface area contributed by atoms with Crippen LogP contribution in [0.15, 0.2) is 29.2 Å². The minimum atomic E-state index is -3.53. The summed E-state index contributed by atoms with van der Waals surface area (Å²) in [5.74, 6) is -0.425. The van der Waals surface area contributed by atoms with Crippen LogP contribution in [-0.4, -0.2) is 73.5 Å². The third kappa shape index (κ3) is 3.74. The van der Waals surface area contributed by atoms with Crippen molar-refractivity contribution in [1.29, 1.82) is 0 Å². The number of imide groups is 1. The Bertz CT molecular complexity index is 839. The van der Waals surface area contributed by atoms with Gasteiger partial charge in [-0.2, -0.15) is 0 Å². The number of carbonyl (C=O) groups is 3. The molecule has 2 aliphatic heterocycles. The molecule has 27 heavy (non-hydrogen) atoms. The first kappa shape index (κ1) is 19.5. The molecule has 3 amide bonds. The standard InChI is InChI=1S/C18H23N3O5S/c1-19(2)27(25,26)15-5-3-13(4-6-15)18(24)20-11-9-14(10-12-20)21-16(22)7-8-17(21)23/h3-6,14H,7-12H2,1-2H3. The molecule has 2 fully saturated rings. The van der Waals surface area contributed by atoms with Crippen molar-refractivity contribution in [2.45, 2.75) is 36.6 Å². The molecule has 0 spiro atoms. The van der Waals surface area contributed by atoms with E-state index in [9.17, 15) is 22.8 Å². The van der Waals surface area contributed by atoms with Crippen molar-refractivity contribution in [2.24, 2.45) is 0 Å². The molecule has 0 bridgehead atoms. The second kappa shape index (κ2) is 7.40. The lowest BCUT2D eigenvalue weighted by Crippen LogP contribution is -2.48. The highest BCUT2D eigenvalue weighted by molar-refractivity contribution is 7.89. The van der Waals surface area contributed by atoms with Crippen molar-refractivity contribution in [3.63, 3.8) is 0 Å². The van der Waals surface area contributed by atoms with Gasteiger partial charge in [-0.3, -0.25) is 19.3 Å². The van der Waals surface area contributed by atoms with Crippen molar-refractivity contribution in [3.8, 4) is 0 Å². The van der Waals surface area contributed by atoms with E-state index in [2.05, 4.69) is 0 Å². The van der Waals surface area contributed by atoms with E-state index in [1.54, 1.807) is 4.90 Å². The number of nitrogens with zero attached hydrogens (tertiary/aromatic N) is 3. The van der Waals surface area contributed by atoms with Crippen LogP contribution in [0.25, 0.3) is 0 Å². The summed E-state index contributed by atoms with van der Waals surface area (Å²) in [5, 5.41) is 0. The third-order valence-corrected chi connectivity index (χ3v) is 6.92. The second-order valence-corrected chi connectivity index (χ2v) is 9.14. The van der Waals surface area contributed by atoms with E-state index in [4.69, 9.17) is 0 Å². The van der Waals surface area contributed by atoms with E-state index >= 15 is 0 Å². The Morgan fingerprint density at radius 3 is 2.00 bits per heavy atom. The fraction of sp³-hybridized carbons (Fsp3) is 0.500. The topological polar surface area (TPSA) is 95.1 Å². The first-order chi connectivity index (χ1) is 12.7. The van der Waals surface area contributed by atoms with Crippen LogP contribution in [0.3, 0.4) is 0 Å². The molecule has 3 rings (SSSR count). The van der Waals surface area contributed by atoms with Crippen LogP contribution in [0.2, 0.25) is 0 Å². The first-order valence-electron chi connectivity index (χ1n) is 8.88. The van der Waals surface area contributed by atoms with E-state index in [0.717, 1.165) is 4.31 Å². The lowest BCUT2D eigenvalue weighted by Gasteiger charge is -2.35. The Kier molecular flexibility index (Phi) is 5.34. The molecule has 8 nitrogen and oxygen atoms in total. The molecule has 2 heterocycles. The minimum absolute atomic E-state index is 0.123. The predicted molar refractivity (Wildman–Crippen MR) is 97.3 cm³/mol. The van der Waals surface area contributed by atoms with Gasteiger partial charge in [-0.25, -0.2) is 12.7 Å². The Labute approximate surface area is 158 Å². The number of benzene rings is 1. The van der Waals surface area contributed by atoms with E-state index in [0.29, 0.717) is 31.5 Å². The maximum atomic E-state index is 12.7. The molecule has 9 heteroatoms. The first-order valence-corrected chi connectivity index (χ1v) is 10.3. The van der Waals surface area contributed by atoms with Crippen LogP contribution in [0.1, 0.15) is 36.0 Å². The van der Waals surface area contributed by atoms with Gasteiger partial charge in [-0.1, -0.05) is 0 Å². The fourth-order valence-corrected chi connectivity index (χ4v) is 4.39. The summed E-state index contributed by atoms with van der Waals surface area (Å²) in [6.45, 7) is 0.913. The van der Waals surface area contributed by atoms with Crippen LogP contribution in [0.5, 0.6) is 0 Å². The third-order valence-electron chi connectivity index (χ3n) is 5.09.